The van der Waals surface area contributed by atoms with Gasteiger partial charge in [-0.15, -0.1) is 0 Å². The summed E-state index contributed by atoms with van der Waals surface area (Å²) in [5.74, 6) is 0. The van der Waals surface area contributed by atoms with Crippen molar-refractivity contribution in [1.29, 1.82) is 5.26 Å². The Morgan fingerprint density at radius 2 is 1.58 bits per heavy atom. The van der Waals surface area contributed by atoms with Crippen LogP contribution in [0, 0.1) is 11.3 Å². The standard InChI is InChI=1S/C18H12N2O3S/c19-13-18(15-7-2-1-3-8-15)20-23-24(21,22)17-11-10-14-6-4-5-9-16(14)12-17/h1-12H/b20-18-. The van der Waals surface area contributed by atoms with Crippen molar-refractivity contribution in [3.05, 3.63) is 78.4 Å². The summed E-state index contributed by atoms with van der Waals surface area (Å²) in [4.78, 5) is -0.0182. The first-order valence-corrected chi connectivity index (χ1v) is 8.47. The fraction of sp³-hybridized carbons (Fsp3) is 0. The molecule has 3 aromatic rings. The van der Waals surface area contributed by atoms with E-state index in [1.807, 2.05) is 30.3 Å². The average Bonchev–Trinajstić information content (AvgIpc) is 2.62. The van der Waals surface area contributed by atoms with E-state index in [-0.39, 0.29) is 10.6 Å². The second-order valence-corrected chi connectivity index (χ2v) is 6.48. The lowest BCUT2D eigenvalue weighted by Crippen LogP contribution is -2.06. The van der Waals surface area contributed by atoms with Gasteiger partial charge >= 0.3 is 10.1 Å². The van der Waals surface area contributed by atoms with Gasteiger partial charge in [-0.25, -0.2) is 0 Å². The minimum Gasteiger partial charge on any atom is -0.263 e. The molecule has 0 saturated carbocycles. The van der Waals surface area contributed by atoms with Crippen LogP contribution in [0.5, 0.6) is 0 Å². The maximum Gasteiger partial charge on any atom is 0.358 e. The van der Waals surface area contributed by atoms with Crippen molar-refractivity contribution < 1.29 is 12.7 Å². The quantitative estimate of drug-likeness (QED) is 0.540. The molecule has 0 N–H and O–H groups in total. The van der Waals surface area contributed by atoms with Gasteiger partial charge in [0.1, 0.15) is 11.0 Å². The molecule has 0 fully saturated rings. The summed E-state index contributed by atoms with van der Waals surface area (Å²) >= 11 is 0. The zero-order chi connectivity index (χ0) is 17.0. The van der Waals surface area contributed by atoms with Gasteiger partial charge in [0.05, 0.1) is 0 Å². The van der Waals surface area contributed by atoms with Crippen molar-refractivity contribution in [3.63, 3.8) is 0 Å². The van der Waals surface area contributed by atoms with Gasteiger partial charge in [0.2, 0.25) is 0 Å². The van der Waals surface area contributed by atoms with Gasteiger partial charge in [-0.1, -0.05) is 65.8 Å². The summed E-state index contributed by atoms with van der Waals surface area (Å²) in [5.41, 5.74) is 0.369. The first-order valence-electron chi connectivity index (χ1n) is 7.06. The molecular formula is C18H12N2O3S. The number of oxime groups is 1. The average molecular weight is 336 g/mol. The molecule has 24 heavy (non-hydrogen) atoms. The number of hydrogen-bond acceptors (Lipinski definition) is 5. The first kappa shape index (κ1) is 15.7. The van der Waals surface area contributed by atoms with E-state index in [1.54, 1.807) is 36.4 Å². The third-order valence-corrected chi connectivity index (χ3v) is 4.49. The minimum atomic E-state index is -4.10. The Labute approximate surface area is 139 Å². The van der Waals surface area contributed by atoms with E-state index in [9.17, 15) is 8.42 Å². The monoisotopic (exact) mass is 336 g/mol. The Morgan fingerprint density at radius 1 is 0.917 bits per heavy atom. The lowest BCUT2D eigenvalue weighted by molar-refractivity contribution is 0.339. The Kier molecular flexibility index (Phi) is 4.27. The molecule has 5 nitrogen and oxygen atoms in total. The maximum absolute atomic E-state index is 12.3. The summed E-state index contributed by atoms with van der Waals surface area (Å²) in [5, 5.41) is 14.3. The van der Waals surface area contributed by atoms with Crippen LogP contribution in [0.1, 0.15) is 5.56 Å². The fourth-order valence-corrected chi connectivity index (χ4v) is 2.95. The Balaban J connectivity index is 1.92. The highest BCUT2D eigenvalue weighted by Gasteiger charge is 2.17. The van der Waals surface area contributed by atoms with Crippen LogP contribution in [-0.2, 0) is 14.4 Å². The van der Waals surface area contributed by atoms with E-state index in [2.05, 4.69) is 5.16 Å². The van der Waals surface area contributed by atoms with Crippen LogP contribution in [0.15, 0.2) is 82.8 Å². The highest BCUT2D eigenvalue weighted by molar-refractivity contribution is 7.86. The smallest absolute Gasteiger partial charge is 0.263 e. The number of benzene rings is 3. The molecule has 0 spiro atoms. The summed E-state index contributed by atoms with van der Waals surface area (Å²) in [6.45, 7) is 0. The summed E-state index contributed by atoms with van der Waals surface area (Å²) in [6, 6.07) is 22.4. The first-order chi connectivity index (χ1) is 11.6. The van der Waals surface area contributed by atoms with Crippen molar-refractivity contribution in [2.75, 3.05) is 0 Å². The molecule has 0 unspecified atom stereocenters. The topological polar surface area (TPSA) is 79.5 Å². The molecule has 0 heterocycles. The van der Waals surface area contributed by atoms with Crippen LogP contribution in [0.4, 0.5) is 0 Å². The van der Waals surface area contributed by atoms with E-state index in [1.165, 1.54) is 12.1 Å². The zero-order valence-corrected chi connectivity index (χ0v) is 13.3. The van der Waals surface area contributed by atoms with Crippen LogP contribution in [-0.4, -0.2) is 14.1 Å². The van der Waals surface area contributed by atoms with Gasteiger partial charge in [0, 0.05) is 5.56 Å². The number of nitrogens with zero attached hydrogens (tertiary/aromatic N) is 2. The number of nitriles is 1. The van der Waals surface area contributed by atoms with Gasteiger partial charge in [-0.2, -0.15) is 13.7 Å². The molecule has 6 heteroatoms. The van der Waals surface area contributed by atoms with Crippen molar-refractivity contribution in [2.24, 2.45) is 5.16 Å². The lowest BCUT2D eigenvalue weighted by Gasteiger charge is -2.04. The third-order valence-electron chi connectivity index (χ3n) is 3.39. The summed E-state index contributed by atoms with van der Waals surface area (Å²) < 4.78 is 29.3. The van der Waals surface area contributed by atoms with Crippen molar-refractivity contribution in [3.8, 4) is 6.07 Å². The molecule has 3 rings (SSSR count). The second kappa shape index (κ2) is 6.52. The molecule has 0 aliphatic carbocycles. The van der Waals surface area contributed by atoms with Crippen LogP contribution in [0.25, 0.3) is 10.8 Å². The lowest BCUT2D eigenvalue weighted by atomic mass is 10.1. The molecule has 0 saturated heterocycles. The summed E-state index contributed by atoms with van der Waals surface area (Å²) in [7, 11) is -4.10. The molecular weight excluding hydrogens is 324 g/mol. The van der Waals surface area contributed by atoms with E-state index < -0.39 is 10.1 Å². The number of fused-ring (bicyclic) bond motifs is 1. The molecule has 118 valence electrons. The molecule has 3 aromatic carbocycles. The van der Waals surface area contributed by atoms with Gasteiger partial charge < -0.3 is 0 Å². The van der Waals surface area contributed by atoms with E-state index in [0.29, 0.717) is 5.56 Å². The van der Waals surface area contributed by atoms with E-state index in [4.69, 9.17) is 9.55 Å². The van der Waals surface area contributed by atoms with Crippen molar-refractivity contribution >= 4 is 26.6 Å². The molecule has 0 amide bonds. The second-order valence-electron chi connectivity index (χ2n) is 4.96. The molecule has 0 aliphatic rings. The predicted molar refractivity (Wildman–Crippen MR) is 90.8 cm³/mol. The molecule has 0 radical (unpaired) electrons. The third kappa shape index (κ3) is 3.26. The van der Waals surface area contributed by atoms with E-state index in [0.717, 1.165) is 10.8 Å². The highest BCUT2D eigenvalue weighted by atomic mass is 32.2. The largest absolute Gasteiger partial charge is 0.358 e. The van der Waals surface area contributed by atoms with Crippen LogP contribution in [0.3, 0.4) is 0 Å². The number of rotatable bonds is 4. The normalized spacial score (nSPS) is 11.9. The zero-order valence-electron chi connectivity index (χ0n) is 12.5. The van der Waals surface area contributed by atoms with Gasteiger partial charge in [0.15, 0.2) is 5.71 Å². The minimum absolute atomic E-state index is 0.0182. The van der Waals surface area contributed by atoms with E-state index >= 15 is 0 Å². The van der Waals surface area contributed by atoms with Gasteiger partial charge in [0.25, 0.3) is 0 Å². The maximum atomic E-state index is 12.3. The fourth-order valence-electron chi connectivity index (χ4n) is 2.19. The Bertz CT molecular complexity index is 1050. The van der Waals surface area contributed by atoms with Crippen molar-refractivity contribution in [2.45, 2.75) is 4.90 Å². The predicted octanol–water partition coefficient (Wildman–Crippen LogP) is 3.47. The molecule has 0 aliphatic heterocycles. The van der Waals surface area contributed by atoms with Crippen LogP contribution >= 0.6 is 0 Å². The SMILES string of the molecule is N#C/C(=N/OS(=O)(=O)c1ccc2ccccc2c1)c1ccccc1. The Hall–Kier alpha value is -3.17. The van der Waals surface area contributed by atoms with Crippen molar-refractivity contribution in [1.82, 2.24) is 0 Å². The van der Waals surface area contributed by atoms with Crippen LogP contribution in [0.2, 0.25) is 0 Å². The van der Waals surface area contributed by atoms with Crippen LogP contribution < -0.4 is 0 Å². The van der Waals surface area contributed by atoms with Gasteiger partial charge in [-0.05, 0) is 22.9 Å². The molecule has 0 bridgehead atoms. The molecule has 0 atom stereocenters. The number of hydrogen-bond donors (Lipinski definition) is 0. The molecule has 0 aromatic heterocycles. The summed E-state index contributed by atoms with van der Waals surface area (Å²) in [6.07, 6.45) is 0. The van der Waals surface area contributed by atoms with Gasteiger partial charge in [-0.3, -0.25) is 4.28 Å². The highest BCUT2D eigenvalue weighted by Crippen LogP contribution is 2.20. The Morgan fingerprint density at radius 3 is 2.29 bits per heavy atom.